The van der Waals surface area contributed by atoms with Gasteiger partial charge >= 0.3 is 0 Å². The monoisotopic (exact) mass is 504 g/mol. The highest BCUT2D eigenvalue weighted by Crippen LogP contribution is 2.35. The molecule has 0 N–H and O–H groups in total. The SMILES string of the molecule is CC.CC.CCCCC(C)CSc1ccc2c(c1)CCN2C(=O)c1ccccc1N(C)S(C)=O. The molecular formula is C28H44N2O2S2. The molecule has 3 rings (SSSR count). The Labute approximate surface area is 215 Å². The molecule has 2 atom stereocenters. The van der Waals surface area contributed by atoms with Gasteiger partial charge in [0.05, 0.1) is 11.3 Å². The van der Waals surface area contributed by atoms with Gasteiger partial charge in [-0.3, -0.25) is 9.10 Å². The predicted octanol–water partition coefficient (Wildman–Crippen LogP) is 7.59. The molecular weight excluding hydrogens is 460 g/mol. The van der Waals surface area contributed by atoms with Gasteiger partial charge in [-0.15, -0.1) is 11.8 Å². The number of nitrogens with zero attached hydrogens (tertiary/aromatic N) is 2. The molecule has 0 fully saturated rings. The van der Waals surface area contributed by atoms with E-state index in [1.165, 1.54) is 29.7 Å². The van der Waals surface area contributed by atoms with Gasteiger partial charge in [0, 0.05) is 36.2 Å². The summed E-state index contributed by atoms with van der Waals surface area (Å²) in [5, 5.41) is 0. The molecule has 0 aromatic heterocycles. The normalized spacial score (nSPS) is 13.6. The van der Waals surface area contributed by atoms with Crippen LogP contribution in [0.25, 0.3) is 0 Å². The second kappa shape index (κ2) is 16.0. The van der Waals surface area contributed by atoms with E-state index in [9.17, 15) is 9.00 Å². The average Bonchev–Trinajstić information content (AvgIpc) is 3.31. The van der Waals surface area contributed by atoms with Gasteiger partial charge in [0.15, 0.2) is 0 Å². The zero-order valence-electron chi connectivity index (χ0n) is 22.4. The smallest absolute Gasteiger partial charge is 0.260 e. The van der Waals surface area contributed by atoms with Gasteiger partial charge < -0.3 is 4.90 Å². The Morgan fingerprint density at radius 3 is 2.47 bits per heavy atom. The first kappa shape index (κ1) is 30.2. The van der Waals surface area contributed by atoms with E-state index in [1.807, 2.05) is 68.6 Å². The van der Waals surface area contributed by atoms with E-state index >= 15 is 0 Å². The van der Waals surface area contributed by atoms with Crippen LogP contribution in [0.3, 0.4) is 0 Å². The topological polar surface area (TPSA) is 40.6 Å². The summed E-state index contributed by atoms with van der Waals surface area (Å²) in [5.41, 5.74) is 3.52. The number of carbonyl (C=O) groups is 1. The number of benzene rings is 2. The van der Waals surface area contributed by atoms with Crippen molar-refractivity contribution in [3.63, 3.8) is 0 Å². The van der Waals surface area contributed by atoms with Crippen molar-refractivity contribution < 1.29 is 9.00 Å². The molecule has 2 aromatic rings. The number of hydrogen-bond donors (Lipinski definition) is 0. The summed E-state index contributed by atoms with van der Waals surface area (Å²) >= 11 is 1.92. The number of amides is 1. The molecule has 1 amide bonds. The minimum atomic E-state index is -1.19. The van der Waals surface area contributed by atoms with E-state index in [-0.39, 0.29) is 5.91 Å². The molecule has 0 spiro atoms. The molecule has 6 heteroatoms. The lowest BCUT2D eigenvalue weighted by Gasteiger charge is -2.23. The molecule has 0 aliphatic carbocycles. The number of fused-ring (bicyclic) bond motifs is 1. The number of para-hydroxylation sites is 1. The highest BCUT2D eigenvalue weighted by Gasteiger charge is 2.28. The van der Waals surface area contributed by atoms with E-state index < -0.39 is 11.0 Å². The van der Waals surface area contributed by atoms with Gasteiger partial charge in [-0.2, -0.15) is 0 Å². The Bertz CT molecular complexity index is 917. The van der Waals surface area contributed by atoms with Gasteiger partial charge in [-0.1, -0.05) is 66.5 Å². The molecule has 0 radical (unpaired) electrons. The van der Waals surface area contributed by atoms with E-state index in [2.05, 4.69) is 32.0 Å². The molecule has 34 heavy (non-hydrogen) atoms. The van der Waals surface area contributed by atoms with Crippen LogP contribution in [0.5, 0.6) is 0 Å². The van der Waals surface area contributed by atoms with E-state index in [0.717, 1.165) is 23.8 Å². The molecule has 0 bridgehead atoms. The van der Waals surface area contributed by atoms with Crippen LogP contribution in [0.15, 0.2) is 47.4 Å². The first-order valence-electron chi connectivity index (χ1n) is 12.7. The maximum atomic E-state index is 13.4. The summed E-state index contributed by atoms with van der Waals surface area (Å²) in [4.78, 5) is 16.5. The van der Waals surface area contributed by atoms with E-state index in [1.54, 1.807) is 17.6 Å². The molecule has 0 saturated heterocycles. The molecule has 1 aliphatic rings. The Balaban J connectivity index is 0.00000137. The number of anilines is 2. The Kier molecular flexibility index (Phi) is 14.2. The van der Waals surface area contributed by atoms with Crippen molar-refractivity contribution in [1.82, 2.24) is 0 Å². The molecule has 0 saturated carbocycles. The zero-order valence-corrected chi connectivity index (χ0v) is 24.0. The predicted molar refractivity (Wildman–Crippen MR) is 153 cm³/mol. The van der Waals surface area contributed by atoms with Gasteiger partial charge in [-0.25, -0.2) is 4.21 Å². The molecule has 2 unspecified atom stereocenters. The summed E-state index contributed by atoms with van der Waals surface area (Å²) in [7, 11) is 0.568. The Morgan fingerprint density at radius 2 is 1.82 bits per heavy atom. The van der Waals surface area contributed by atoms with E-state index in [0.29, 0.717) is 17.8 Å². The van der Waals surface area contributed by atoms with Crippen molar-refractivity contribution in [3.8, 4) is 0 Å². The highest BCUT2D eigenvalue weighted by molar-refractivity contribution is 7.99. The lowest BCUT2D eigenvalue weighted by molar-refractivity contribution is 0.0990. The molecule has 1 heterocycles. The van der Waals surface area contributed by atoms with Crippen molar-refractivity contribution in [1.29, 1.82) is 0 Å². The summed E-state index contributed by atoms with van der Waals surface area (Å²) < 4.78 is 13.6. The number of hydrogen-bond acceptors (Lipinski definition) is 3. The highest BCUT2D eigenvalue weighted by atomic mass is 32.2. The van der Waals surface area contributed by atoms with Crippen molar-refractivity contribution in [3.05, 3.63) is 53.6 Å². The third-order valence-electron chi connectivity index (χ3n) is 5.64. The summed E-state index contributed by atoms with van der Waals surface area (Å²) in [6, 6.07) is 13.9. The van der Waals surface area contributed by atoms with Crippen LogP contribution in [0, 0.1) is 5.92 Å². The molecule has 190 valence electrons. The number of thioether (sulfide) groups is 1. The van der Waals surface area contributed by atoms with Crippen LogP contribution in [0.2, 0.25) is 0 Å². The van der Waals surface area contributed by atoms with Gasteiger partial charge in [-0.05, 0) is 54.7 Å². The number of rotatable bonds is 9. The third kappa shape index (κ3) is 8.16. The fourth-order valence-corrected chi connectivity index (χ4v) is 5.24. The summed E-state index contributed by atoms with van der Waals surface area (Å²) in [6.07, 6.45) is 6.33. The number of unbranched alkanes of at least 4 members (excludes halogenated alkanes) is 1. The maximum Gasteiger partial charge on any atom is 0.260 e. The maximum absolute atomic E-state index is 13.4. The fraction of sp³-hybridized carbons (Fsp3) is 0.536. The standard InChI is InChI=1S/C24H32N2O2S2.2C2H6/c1-5-6-9-18(2)17-29-20-12-13-22-19(16-20)14-15-26(22)24(27)21-10-7-8-11-23(21)25(3)30(4)28;2*1-2/h7-8,10-13,16,18H,5-6,9,14-15,17H2,1-4H3;2*1-2H3. The van der Waals surface area contributed by atoms with Crippen LogP contribution in [-0.4, -0.2) is 35.7 Å². The fourth-order valence-electron chi connectivity index (χ4n) is 3.77. The lowest BCUT2D eigenvalue weighted by atomic mass is 10.1. The second-order valence-corrected chi connectivity index (χ2v) is 10.5. The second-order valence-electron chi connectivity index (χ2n) is 7.99. The number of carbonyl (C=O) groups excluding carboxylic acids is 1. The van der Waals surface area contributed by atoms with E-state index in [4.69, 9.17) is 0 Å². The van der Waals surface area contributed by atoms with Crippen LogP contribution < -0.4 is 9.21 Å². The van der Waals surface area contributed by atoms with Crippen molar-refractivity contribution in [2.45, 2.75) is 72.1 Å². The van der Waals surface area contributed by atoms with Gasteiger partial charge in [0.2, 0.25) is 0 Å². The largest absolute Gasteiger partial charge is 0.308 e. The Morgan fingerprint density at radius 1 is 1.15 bits per heavy atom. The average molecular weight is 505 g/mol. The van der Waals surface area contributed by atoms with Crippen LogP contribution in [0.1, 0.15) is 76.7 Å². The third-order valence-corrected chi connectivity index (χ3v) is 7.93. The van der Waals surface area contributed by atoms with Crippen LogP contribution in [0.4, 0.5) is 11.4 Å². The Hall–Kier alpha value is -1.79. The minimum Gasteiger partial charge on any atom is -0.308 e. The van der Waals surface area contributed by atoms with Gasteiger partial charge in [0.1, 0.15) is 11.0 Å². The van der Waals surface area contributed by atoms with Crippen molar-refractivity contribution in [2.75, 3.05) is 34.8 Å². The molecule has 2 aromatic carbocycles. The molecule has 1 aliphatic heterocycles. The quantitative estimate of drug-likeness (QED) is 0.330. The summed E-state index contributed by atoms with van der Waals surface area (Å²) in [5.74, 6) is 1.82. The molecule has 4 nitrogen and oxygen atoms in total. The minimum absolute atomic E-state index is 0.0322. The first-order chi connectivity index (χ1) is 16.4. The summed E-state index contributed by atoms with van der Waals surface area (Å²) in [6.45, 7) is 13.3. The van der Waals surface area contributed by atoms with Crippen molar-refractivity contribution >= 4 is 40.0 Å². The van der Waals surface area contributed by atoms with Gasteiger partial charge in [0.25, 0.3) is 5.91 Å². The van der Waals surface area contributed by atoms with Crippen molar-refractivity contribution in [2.24, 2.45) is 5.92 Å². The first-order valence-corrected chi connectivity index (χ1v) is 15.2. The van der Waals surface area contributed by atoms with Crippen LogP contribution >= 0.6 is 11.8 Å². The zero-order chi connectivity index (χ0) is 25.7. The lowest BCUT2D eigenvalue weighted by Crippen LogP contribution is -2.31. The van der Waals surface area contributed by atoms with Crippen LogP contribution in [-0.2, 0) is 17.4 Å².